The fourth-order valence-electron chi connectivity index (χ4n) is 3.22. The highest BCUT2D eigenvalue weighted by Gasteiger charge is 2.49. The summed E-state index contributed by atoms with van der Waals surface area (Å²) < 4.78 is 28.9. The molecular formula is C16H20N2O4S2. The zero-order valence-electron chi connectivity index (χ0n) is 13.9. The largest absolute Gasteiger partial charge is 0.375 e. The third kappa shape index (κ3) is 3.50. The molecule has 2 aliphatic heterocycles. The van der Waals surface area contributed by atoms with Crippen LogP contribution in [0.25, 0.3) is 0 Å². The molecular weight excluding hydrogens is 348 g/mol. The Morgan fingerprint density at radius 2 is 1.96 bits per heavy atom. The van der Waals surface area contributed by atoms with Gasteiger partial charge in [-0.2, -0.15) is 4.99 Å². The predicted octanol–water partition coefficient (Wildman–Crippen LogP) is 1.55. The lowest BCUT2D eigenvalue weighted by Gasteiger charge is -2.25. The van der Waals surface area contributed by atoms with Gasteiger partial charge in [0.15, 0.2) is 15.0 Å². The van der Waals surface area contributed by atoms with Crippen molar-refractivity contribution in [1.82, 2.24) is 0 Å². The summed E-state index contributed by atoms with van der Waals surface area (Å²) in [6.07, 6.45) is 0. The van der Waals surface area contributed by atoms with Crippen molar-refractivity contribution in [3.8, 4) is 0 Å². The Labute approximate surface area is 146 Å². The normalized spacial score (nSPS) is 26.8. The number of methoxy groups -OCH3 is 1. The van der Waals surface area contributed by atoms with Gasteiger partial charge in [0.25, 0.3) is 5.91 Å². The number of aliphatic imine (C=N–C) groups is 1. The molecule has 2 fully saturated rings. The summed E-state index contributed by atoms with van der Waals surface area (Å²) in [5, 5.41) is 0.469. The second kappa shape index (κ2) is 6.50. The number of anilines is 1. The molecule has 1 aromatic carbocycles. The number of ether oxygens (including phenoxy) is 1. The van der Waals surface area contributed by atoms with Crippen LogP contribution in [-0.4, -0.2) is 56.0 Å². The highest BCUT2D eigenvalue weighted by molar-refractivity contribution is 8.16. The molecule has 8 heteroatoms. The van der Waals surface area contributed by atoms with Crippen molar-refractivity contribution >= 4 is 38.4 Å². The van der Waals surface area contributed by atoms with E-state index >= 15 is 0 Å². The van der Waals surface area contributed by atoms with Gasteiger partial charge in [-0.25, -0.2) is 8.42 Å². The molecule has 6 nitrogen and oxygen atoms in total. The fraction of sp³-hybridized carbons (Fsp3) is 0.500. The van der Waals surface area contributed by atoms with Crippen LogP contribution in [0.1, 0.15) is 11.1 Å². The Kier molecular flexibility index (Phi) is 4.72. The average Bonchev–Trinajstić information content (AvgIpc) is 2.88. The van der Waals surface area contributed by atoms with Gasteiger partial charge in [-0.15, -0.1) is 0 Å². The van der Waals surface area contributed by atoms with E-state index in [2.05, 4.69) is 11.1 Å². The van der Waals surface area contributed by atoms with Crippen molar-refractivity contribution in [2.75, 3.05) is 30.1 Å². The van der Waals surface area contributed by atoms with Crippen LogP contribution in [0.5, 0.6) is 0 Å². The second-order valence-corrected chi connectivity index (χ2v) is 9.60. The molecule has 1 aromatic rings. The number of amidine groups is 1. The van der Waals surface area contributed by atoms with E-state index in [1.807, 2.05) is 30.9 Å². The molecule has 2 aliphatic rings. The van der Waals surface area contributed by atoms with Gasteiger partial charge in [0.1, 0.15) is 6.61 Å². The first-order valence-corrected chi connectivity index (χ1v) is 10.3. The Morgan fingerprint density at radius 1 is 1.29 bits per heavy atom. The van der Waals surface area contributed by atoms with E-state index in [1.165, 1.54) is 18.9 Å². The summed E-state index contributed by atoms with van der Waals surface area (Å²) in [4.78, 5) is 18.0. The Hall–Kier alpha value is -1.38. The molecule has 24 heavy (non-hydrogen) atoms. The van der Waals surface area contributed by atoms with Gasteiger partial charge in [0.05, 0.1) is 17.5 Å². The quantitative estimate of drug-likeness (QED) is 0.806. The molecule has 3 rings (SSSR count). The van der Waals surface area contributed by atoms with E-state index < -0.39 is 9.84 Å². The van der Waals surface area contributed by atoms with E-state index in [1.54, 1.807) is 0 Å². The van der Waals surface area contributed by atoms with Crippen molar-refractivity contribution in [3.05, 3.63) is 29.3 Å². The molecule has 0 aromatic heterocycles. The number of thioether (sulfide) groups is 1. The number of sulfone groups is 1. The minimum absolute atomic E-state index is 0.0849. The number of hydrogen-bond acceptors (Lipinski definition) is 5. The Bertz CT molecular complexity index is 784. The van der Waals surface area contributed by atoms with Crippen LogP contribution in [0.15, 0.2) is 23.2 Å². The maximum Gasteiger partial charge on any atom is 0.274 e. The smallest absolute Gasteiger partial charge is 0.274 e. The first-order chi connectivity index (χ1) is 11.3. The van der Waals surface area contributed by atoms with Crippen molar-refractivity contribution < 1.29 is 17.9 Å². The average molecular weight is 368 g/mol. The van der Waals surface area contributed by atoms with E-state index in [9.17, 15) is 13.2 Å². The zero-order chi connectivity index (χ0) is 17.5. The first-order valence-electron chi connectivity index (χ1n) is 7.64. The van der Waals surface area contributed by atoms with Gasteiger partial charge < -0.3 is 9.64 Å². The molecule has 0 aliphatic carbocycles. The lowest BCUT2D eigenvalue weighted by Crippen LogP contribution is -2.38. The number of carbonyl (C=O) groups excluding carboxylic acids is 1. The molecule has 0 radical (unpaired) electrons. The third-order valence-electron chi connectivity index (χ3n) is 4.04. The molecule has 2 heterocycles. The number of nitrogens with zero attached hydrogens (tertiary/aromatic N) is 2. The zero-order valence-corrected chi connectivity index (χ0v) is 15.5. The van der Waals surface area contributed by atoms with Crippen LogP contribution in [-0.2, 0) is 19.4 Å². The lowest BCUT2D eigenvalue weighted by atomic mass is 10.1. The summed E-state index contributed by atoms with van der Waals surface area (Å²) in [7, 11) is -1.61. The van der Waals surface area contributed by atoms with Gasteiger partial charge in [-0.1, -0.05) is 17.8 Å². The summed E-state index contributed by atoms with van der Waals surface area (Å²) in [5.74, 6) is -0.145. The maximum absolute atomic E-state index is 12.0. The molecule has 2 atom stereocenters. The Balaban J connectivity index is 2.02. The number of rotatable bonds is 3. The van der Waals surface area contributed by atoms with E-state index in [-0.39, 0.29) is 35.3 Å². The third-order valence-corrected chi connectivity index (χ3v) is 7.25. The monoisotopic (exact) mass is 368 g/mol. The second-order valence-electron chi connectivity index (χ2n) is 6.24. The van der Waals surface area contributed by atoms with Gasteiger partial charge >= 0.3 is 0 Å². The van der Waals surface area contributed by atoms with Crippen LogP contribution in [0.3, 0.4) is 0 Å². The maximum atomic E-state index is 12.0. The molecule has 2 saturated heterocycles. The molecule has 0 spiro atoms. The topological polar surface area (TPSA) is 76.0 Å². The number of hydrogen-bond donors (Lipinski definition) is 0. The molecule has 0 unspecified atom stereocenters. The first kappa shape index (κ1) is 17.4. The molecule has 0 saturated carbocycles. The van der Waals surface area contributed by atoms with E-state index in [0.29, 0.717) is 5.17 Å². The summed E-state index contributed by atoms with van der Waals surface area (Å²) in [6, 6.07) is 5.87. The van der Waals surface area contributed by atoms with Crippen LogP contribution < -0.4 is 4.90 Å². The molecule has 1 amide bonds. The van der Waals surface area contributed by atoms with Crippen molar-refractivity contribution in [3.63, 3.8) is 0 Å². The summed E-state index contributed by atoms with van der Waals surface area (Å²) in [6.45, 7) is 3.91. The van der Waals surface area contributed by atoms with Crippen LogP contribution in [0.2, 0.25) is 0 Å². The number of benzene rings is 1. The van der Waals surface area contributed by atoms with Gasteiger partial charge in [0.2, 0.25) is 0 Å². The van der Waals surface area contributed by atoms with Crippen LogP contribution >= 0.6 is 11.8 Å². The van der Waals surface area contributed by atoms with E-state index in [4.69, 9.17) is 4.74 Å². The van der Waals surface area contributed by atoms with E-state index in [0.717, 1.165) is 16.8 Å². The minimum atomic E-state index is -3.06. The van der Waals surface area contributed by atoms with Crippen LogP contribution in [0.4, 0.5) is 5.69 Å². The standard InChI is InChI=1S/C16H20N2O4S2/c1-10-4-11(2)6-12(5-10)18-13-8-24(20,21)9-14(13)23-16(18)17-15(19)7-22-3/h4-6,13-14H,7-9H2,1-3H3/t13-,14+/m0/s1. The van der Waals surface area contributed by atoms with Crippen molar-refractivity contribution in [1.29, 1.82) is 0 Å². The van der Waals surface area contributed by atoms with Crippen LogP contribution in [0, 0.1) is 13.8 Å². The van der Waals surface area contributed by atoms with Gasteiger partial charge in [-0.3, -0.25) is 4.79 Å². The fourth-order valence-corrected chi connectivity index (χ4v) is 7.15. The van der Waals surface area contributed by atoms with Crippen molar-refractivity contribution in [2.24, 2.45) is 4.99 Å². The number of amides is 1. The molecule has 130 valence electrons. The van der Waals surface area contributed by atoms with Gasteiger partial charge in [0, 0.05) is 18.0 Å². The highest BCUT2D eigenvalue weighted by Crippen LogP contribution is 2.41. The number of fused-ring (bicyclic) bond motifs is 1. The van der Waals surface area contributed by atoms with Crippen molar-refractivity contribution in [2.45, 2.75) is 25.1 Å². The molecule has 0 N–H and O–H groups in total. The lowest BCUT2D eigenvalue weighted by molar-refractivity contribution is -0.121. The number of aryl methyl sites for hydroxylation is 2. The summed E-state index contributed by atoms with van der Waals surface area (Å²) in [5.41, 5.74) is 3.05. The predicted molar refractivity (Wildman–Crippen MR) is 96.5 cm³/mol. The SMILES string of the molecule is COCC(=O)N=C1S[C@@H]2CS(=O)(=O)C[C@@H]2N1c1cc(C)cc(C)c1. The van der Waals surface area contributed by atoms with Gasteiger partial charge in [-0.05, 0) is 37.1 Å². The number of carbonyl (C=O) groups is 1. The Morgan fingerprint density at radius 3 is 2.58 bits per heavy atom. The summed E-state index contributed by atoms with van der Waals surface area (Å²) >= 11 is 1.37. The highest BCUT2D eigenvalue weighted by atomic mass is 32.2. The molecule has 0 bridgehead atoms. The minimum Gasteiger partial charge on any atom is -0.375 e.